The van der Waals surface area contributed by atoms with Crippen LogP contribution >= 0.6 is 0 Å². The molecule has 1 aromatic carbocycles. The van der Waals surface area contributed by atoms with E-state index in [4.69, 9.17) is 0 Å². The first-order valence-corrected chi connectivity index (χ1v) is 9.27. The minimum atomic E-state index is -0.229. The second-order valence-electron chi connectivity index (χ2n) is 7.25. The molecule has 2 unspecified atom stereocenters. The van der Waals surface area contributed by atoms with E-state index in [9.17, 15) is 4.39 Å². The van der Waals surface area contributed by atoms with Crippen LogP contribution in [0.15, 0.2) is 30.6 Å². The maximum Gasteiger partial charge on any atom is 0.222 e. The number of fused-ring (bicyclic) bond motifs is 3. The molecule has 132 valence electrons. The molecular weight excluding hydrogens is 315 g/mol. The van der Waals surface area contributed by atoms with Crippen molar-refractivity contribution in [1.82, 2.24) is 14.9 Å². The Morgan fingerprint density at radius 3 is 2.56 bits per heavy atom. The van der Waals surface area contributed by atoms with Crippen molar-refractivity contribution in [1.29, 1.82) is 0 Å². The fraction of sp³-hybridized carbons (Fsp3) is 0.500. The molecule has 5 rings (SSSR count). The highest BCUT2D eigenvalue weighted by molar-refractivity contribution is 5.63. The zero-order chi connectivity index (χ0) is 17.4. The summed E-state index contributed by atoms with van der Waals surface area (Å²) in [6, 6.07) is 6.14. The van der Waals surface area contributed by atoms with Crippen LogP contribution in [0.25, 0.3) is 11.1 Å². The smallest absolute Gasteiger partial charge is 0.222 e. The van der Waals surface area contributed by atoms with Crippen LogP contribution < -0.4 is 5.32 Å². The third-order valence-electron chi connectivity index (χ3n) is 5.88. The highest BCUT2D eigenvalue weighted by atomic mass is 19.1. The van der Waals surface area contributed by atoms with Crippen molar-refractivity contribution in [2.75, 3.05) is 18.4 Å². The van der Waals surface area contributed by atoms with Crippen LogP contribution in [0.3, 0.4) is 0 Å². The normalized spacial score (nSPS) is 28.1. The SMILES string of the molecule is CCc1ccc(F)c(-c2cnc(NC3C4CCN(CC4)C3C)nc2)c1. The average Bonchev–Trinajstić information content (AvgIpc) is 2.66. The van der Waals surface area contributed by atoms with E-state index in [1.165, 1.54) is 32.0 Å². The molecule has 1 aromatic heterocycles. The highest BCUT2D eigenvalue weighted by Gasteiger charge is 2.39. The molecule has 0 aliphatic carbocycles. The molecule has 3 aliphatic heterocycles. The number of aromatic nitrogens is 2. The molecule has 0 amide bonds. The highest BCUT2D eigenvalue weighted by Crippen LogP contribution is 2.33. The largest absolute Gasteiger partial charge is 0.350 e. The van der Waals surface area contributed by atoms with Gasteiger partial charge in [0.25, 0.3) is 0 Å². The molecule has 2 atom stereocenters. The van der Waals surface area contributed by atoms with Crippen molar-refractivity contribution in [2.24, 2.45) is 5.92 Å². The van der Waals surface area contributed by atoms with Crippen molar-refractivity contribution in [3.8, 4) is 11.1 Å². The van der Waals surface area contributed by atoms with E-state index in [0.29, 0.717) is 29.5 Å². The summed E-state index contributed by atoms with van der Waals surface area (Å²) in [6.45, 7) is 6.76. The third kappa shape index (κ3) is 3.13. The quantitative estimate of drug-likeness (QED) is 0.920. The number of nitrogens with zero attached hydrogens (tertiary/aromatic N) is 3. The number of piperidine rings is 3. The van der Waals surface area contributed by atoms with Gasteiger partial charge in [-0.25, -0.2) is 14.4 Å². The summed E-state index contributed by atoms with van der Waals surface area (Å²) in [5.74, 6) is 1.11. The van der Waals surface area contributed by atoms with Crippen LogP contribution in [0, 0.1) is 11.7 Å². The lowest BCUT2D eigenvalue weighted by molar-refractivity contribution is 0.0455. The second kappa shape index (κ2) is 6.71. The number of aryl methyl sites for hydroxylation is 1. The molecule has 5 heteroatoms. The van der Waals surface area contributed by atoms with Gasteiger partial charge in [0.05, 0.1) is 0 Å². The minimum Gasteiger partial charge on any atom is -0.350 e. The molecule has 4 heterocycles. The first-order valence-electron chi connectivity index (χ1n) is 9.27. The Balaban J connectivity index is 1.53. The molecular formula is C20H25FN4. The number of anilines is 1. The molecule has 3 aliphatic rings. The maximum atomic E-state index is 14.1. The molecule has 0 saturated carbocycles. The van der Waals surface area contributed by atoms with Gasteiger partial charge in [0, 0.05) is 35.6 Å². The summed E-state index contributed by atoms with van der Waals surface area (Å²) in [6.07, 6.45) is 6.81. The molecule has 3 fully saturated rings. The van der Waals surface area contributed by atoms with Crippen molar-refractivity contribution in [3.05, 3.63) is 42.0 Å². The van der Waals surface area contributed by atoms with Gasteiger partial charge in [0.2, 0.25) is 5.95 Å². The Labute approximate surface area is 148 Å². The van der Waals surface area contributed by atoms with Gasteiger partial charge in [-0.2, -0.15) is 0 Å². The second-order valence-corrected chi connectivity index (χ2v) is 7.25. The lowest BCUT2D eigenvalue weighted by Gasteiger charge is -2.49. The summed E-state index contributed by atoms with van der Waals surface area (Å²) in [4.78, 5) is 11.5. The summed E-state index contributed by atoms with van der Waals surface area (Å²) in [5, 5.41) is 3.52. The fourth-order valence-corrected chi connectivity index (χ4v) is 4.25. The van der Waals surface area contributed by atoms with Gasteiger partial charge < -0.3 is 5.32 Å². The van der Waals surface area contributed by atoms with E-state index >= 15 is 0 Å². The van der Waals surface area contributed by atoms with Crippen LogP contribution in [0.5, 0.6) is 0 Å². The fourth-order valence-electron chi connectivity index (χ4n) is 4.25. The first-order chi connectivity index (χ1) is 12.2. The van der Waals surface area contributed by atoms with Crippen molar-refractivity contribution < 1.29 is 4.39 Å². The van der Waals surface area contributed by atoms with Crippen LogP contribution in [-0.4, -0.2) is 40.0 Å². The Morgan fingerprint density at radius 2 is 1.92 bits per heavy atom. The van der Waals surface area contributed by atoms with Crippen molar-refractivity contribution >= 4 is 5.95 Å². The molecule has 4 nitrogen and oxygen atoms in total. The standard InChI is InChI=1S/C20H25FN4/c1-3-14-4-5-18(21)17(10-14)16-11-22-20(23-12-16)24-19-13(2)25-8-6-15(19)7-9-25/h4-5,10-13,15,19H,3,6-9H2,1-2H3,(H,22,23,24). The molecule has 25 heavy (non-hydrogen) atoms. The van der Waals surface area contributed by atoms with Crippen molar-refractivity contribution in [3.63, 3.8) is 0 Å². The predicted molar refractivity (Wildman–Crippen MR) is 98.0 cm³/mol. The number of benzene rings is 1. The van der Waals surface area contributed by atoms with Gasteiger partial charge in [0.15, 0.2) is 0 Å². The average molecular weight is 340 g/mol. The van der Waals surface area contributed by atoms with Gasteiger partial charge in [-0.1, -0.05) is 13.0 Å². The summed E-state index contributed by atoms with van der Waals surface area (Å²) in [7, 11) is 0. The predicted octanol–water partition coefficient (Wildman–Crippen LogP) is 3.74. The van der Waals surface area contributed by atoms with Crippen LogP contribution in [0.1, 0.15) is 32.3 Å². The van der Waals surface area contributed by atoms with Gasteiger partial charge in [-0.05, 0) is 62.9 Å². The molecule has 1 N–H and O–H groups in total. The van der Waals surface area contributed by atoms with Gasteiger partial charge >= 0.3 is 0 Å². The summed E-state index contributed by atoms with van der Waals surface area (Å²) < 4.78 is 14.1. The molecule has 2 aromatic rings. The zero-order valence-corrected chi connectivity index (χ0v) is 14.9. The Bertz CT molecular complexity index is 736. The number of hydrogen-bond acceptors (Lipinski definition) is 4. The Kier molecular flexibility index (Phi) is 4.42. The zero-order valence-electron chi connectivity index (χ0n) is 14.9. The van der Waals surface area contributed by atoms with E-state index in [1.807, 2.05) is 12.1 Å². The molecule has 2 bridgehead atoms. The summed E-state index contributed by atoms with van der Waals surface area (Å²) >= 11 is 0. The van der Waals surface area contributed by atoms with Crippen LogP contribution in [0.2, 0.25) is 0 Å². The van der Waals surface area contributed by atoms with Gasteiger partial charge in [0.1, 0.15) is 5.82 Å². The lowest BCUT2D eigenvalue weighted by atomic mass is 9.79. The van der Waals surface area contributed by atoms with E-state index in [2.05, 4.69) is 34.0 Å². The minimum absolute atomic E-state index is 0.229. The van der Waals surface area contributed by atoms with Crippen molar-refractivity contribution in [2.45, 2.75) is 45.2 Å². The van der Waals surface area contributed by atoms with E-state index < -0.39 is 0 Å². The van der Waals surface area contributed by atoms with E-state index in [0.717, 1.165) is 17.5 Å². The Hall–Kier alpha value is -2.01. The number of rotatable bonds is 4. The summed E-state index contributed by atoms with van der Waals surface area (Å²) in [5.41, 5.74) is 2.40. The van der Waals surface area contributed by atoms with Crippen LogP contribution in [0.4, 0.5) is 10.3 Å². The number of hydrogen-bond donors (Lipinski definition) is 1. The van der Waals surface area contributed by atoms with E-state index in [-0.39, 0.29) is 5.82 Å². The van der Waals surface area contributed by atoms with E-state index in [1.54, 1.807) is 12.4 Å². The molecule has 3 saturated heterocycles. The third-order valence-corrected chi connectivity index (χ3v) is 5.88. The topological polar surface area (TPSA) is 41.1 Å². The molecule has 0 radical (unpaired) electrons. The van der Waals surface area contributed by atoms with Gasteiger partial charge in [-0.3, -0.25) is 4.90 Å². The molecule has 0 spiro atoms. The Morgan fingerprint density at radius 1 is 1.20 bits per heavy atom. The van der Waals surface area contributed by atoms with Crippen LogP contribution in [-0.2, 0) is 6.42 Å². The number of halogens is 1. The monoisotopic (exact) mass is 340 g/mol. The number of nitrogens with one attached hydrogen (secondary N) is 1. The first kappa shape index (κ1) is 16.5. The maximum absolute atomic E-state index is 14.1. The lowest BCUT2D eigenvalue weighted by Crippen LogP contribution is -2.59. The van der Waals surface area contributed by atoms with Gasteiger partial charge in [-0.15, -0.1) is 0 Å².